The predicted molar refractivity (Wildman–Crippen MR) is 111 cm³/mol. The summed E-state index contributed by atoms with van der Waals surface area (Å²) in [5, 5.41) is 12.7. The third kappa shape index (κ3) is 6.19. The third-order valence-electron chi connectivity index (χ3n) is 7.22. The summed E-state index contributed by atoms with van der Waals surface area (Å²) >= 11 is 0. The lowest BCUT2D eigenvalue weighted by molar-refractivity contribution is -0.154. The van der Waals surface area contributed by atoms with Crippen LogP contribution in [0, 0.1) is 11.8 Å². The van der Waals surface area contributed by atoms with Crippen molar-refractivity contribution in [3.63, 3.8) is 0 Å². The zero-order chi connectivity index (χ0) is 20.6. The summed E-state index contributed by atoms with van der Waals surface area (Å²) in [5.41, 5.74) is 0. The third-order valence-corrected chi connectivity index (χ3v) is 7.22. The average molecular weight is 407 g/mol. The van der Waals surface area contributed by atoms with Gasteiger partial charge in [0.15, 0.2) is 0 Å². The van der Waals surface area contributed by atoms with Crippen LogP contribution >= 0.6 is 0 Å². The number of aliphatic carboxylic acids is 1. The molecule has 1 aliphatic heterocycles. The van der Waals surface area contributed by atoms with E-state index >= 15 is 0 Å². The van der Waals surface area contributed by atoms with E-state index in [0.717, 1.165) is 38.5 Å². The predicted octanol–water partition coefficient (Wildman–Crippen LogP) is 3.88. The van der Waals surface area contributed by atoms with Crippen LogP contribution in [-0.4, -0.2) is 46.4 Å². The van der Waals surface area contributed by atoms with Crippen molar-refractivity contribution in [2.45, 2.75) is 108 Å². The van der Waals surface area contributed by atoms with Gasteiger partial charge in [-0.25, -0.2) is 4.79 Å². The Bertz CT molecular complexity index is 561. The van der Waals surface area contributed by atoms with Crippen LogP contribution in [0.2, 0.25) is 0 Å². The molecule has 1 unspecified atom stereocenters. The number of carboxylic acid groups (broad SMARTS) is 1. The quantitative estimate of drug-likeness (QED) is 0.742. The van der Waals surface area contributed by atoms with E-state index in [1.807, 2.05) is 0 Å². The summed E-state index contributed by atoms with van der Waals surface area (Å²) in [6, 6.07) is -0.356. The molecule has 29 heavy (non-hydrogen) atoms. The first-order valence-corrected chi connectivity index (χ1v) is 11.9. The molecule has 1 saturated heterocycles. The monoisotopic (exact) mass is 406 g/mol. The summed E-state index contributed by atoms with van der Waals surface area (Å²) in [4.78, 5) is 38.8. The fourth-order valence-electron chi connectivity index (χ4n) is 5.39. The second kappa shape index (κ2) is 11.0. The van der Waals surface area contributed by atoms with E-state index in [1.165, 1.54) is 38.5 Å². The molecule has 6 heteroatoms. The van der Waals surface area contributed by atoms with E-state index < -0.39 is 12.0 Å². The van der Waals surface area contributed by atoms with Crippen molar-refractivity contribution in [3.05, 3.63) is 0 Å². The number of amides is 2. The van der Waals surface area contributed by atoms with Crippen LogP contribution in [0.25, 0.3) is 0 Å². The Morgan fingerprint density at radius 3 is 1.86 bits per heavy atom. The SMILES string of the molecule is O=C(NC1CCCCCCCC1)C1CCC(C(=O)N2CCCCC2C(=O)O)CC1. The van der Waals surface area contributed by atoms with Crippen molar-refractivity contribution >= 4 is 17.8 Å². The minimum atomic E-state index is -0.888. The molecule has 3 rings (SSSR count). The van der Waals surface area contributed by atoms with Crippen LogP contribution < -0.4 is 5.32 Å². The molecule has 164 valence electrons. The number of carbonyl (C=O) groups is 3. The minimum absolute atomic E-state index is 0.00306. The molecular weight excluding hydrogens is 368 g/mol. The number of likely N-dealkylation sites (tertiary alicyclic amines) is 1. The van der Waals surface area contributed by atoms with Crippen LogP contribution in [0.4, 0.5) is 0 Å². The molecule has 2 N–H and O–H groups in total. The van der Waals surface area contributed by atoms with Crippen LogP contribution in [0.1, 0.15) is 96.3 Å². The second-order valence-electron chi connectivity index (χ2n) is 9.33. The lowest BCUT2D eigenvalue weighted by Gasteiger charge is -2.37. The molecule has 0 aromatic carbocycles. The number of nitrogens with zero attached hydrogens (tertiary/aromatic N) is 1. The van der Waals surface area contributed by atoms with Gasteiger partial charge >= 0.3 is 5.97 Å². The lowest BCUT2D eigenvalue weighted by atomic mass is 9.80. The number of nitrogens with one attached hydrogen (secondary N) is 1. The average Bonchev–Trinajstić information content (AvgIpc) is 2.87. The first kappa shape index (κ1) is 22.1. The maximum absolute atomic E-state index is 12.9. The van der Waals surface area contributed by atoms with Gasteiger partial charge in [0, 0.05) is 24.4 Å². The molecule has 0 spiro atoms. The Morgan fingerprint density at radius 2 is 1.24 bits per heavy atom. The number of carboxylic acids is 1. The van der Waals surface area contributed by atoms with E-state index in [-0.39, 0.29) is 23.7 Å². The Morgan fingerprint density at radius 1 is 0.690 bits per heavy atom. The number of rotatable bonds is 4. The molecule has 0 aromatic rings. The van der Waals surface area contributed by atoms with Gasteiger partial charge in [0.2, 0.25) is 11.8 Å². The van der Waals surface area contributed by atoms with Crippen molar-refractivity contribution in [3.8, 4) is 0 Å². The first-order valence-electron chi connectivity index (χ1n) is 11.9. The standard InChI is InChI=1S/C23H38N2O4/c26-21(24-19-9-5-3-1-2-4-6-10-19)17-12-14-18(15-13-17)22(27)25-16-8-7-11-20(25)23(28)29/h17-20H,1-16H2,(H,24,26)(H,28,29). The van der Waals surface area contributed by atoms with E-state index in [0.29, 0.717) is 31.8 Å². The van der Waals surface area contributed by atoms with Gasteiger partial charge < -0.3 is 15.3 Å². The molecule has 2 aliphatic carbocycles. The van der Waals surface area contributed by atoms with Gasteiger partial charge in [0.1, 0.15) is 6.04 Å². The highest BCUT2D eigenvalue weighted by atomic mass is 16.4. The molecule has 3 fully saturated rings. The second-order valence-corrected chi connectivity index (χ2v) is 9.33. The molecule has 1 heterocycles. The first-order chi connectivity index (χ1) is 14.1. The maximum Gasteiger partial charge on any atom is 0.326 e. The van der Waals surface area contributed by atoms with Gasteiger partial charge in [0.25, 0.3) is 0 Å². The Kier molecular flexibility index (Phi) is 8.37. The minimum Gasteiger partial charge on any atom is -0.480 e. The van der Waals surface area contributed by atoms with E-state index in [2.05, 4.69) is 5.32 Å². The topological polar surface area (TPSA) is 86.7 Å². The van der Waals surface area contributed by atoms with E-state index in [9.17, 15) is 19.5 Å². The van der Waals surface area contributed by atoms with Gasteiger partial charge in [0.05, 0.1) is 0 Å². The number of carbonyl (C=O) groups excluding carboxylic acids is 2. The summed E-state index contributed by atoms with van der Waals surface area (Å²) in [7, 11) is 0. The summed E-state index contributed by atoms with van der Waals surface area (Å²) in [5.74, 6) is -0.845. The van der Waals surface area contributed by atoms with Gasteiger partial charge in [-0.2, -0.15) is 0 Å². The molecule has 2 saturated carbocycles. The van der Waals surface area contributed by atoms with Crippen LogP contribution in [0.5, 0.6) is 0 Å². The fourth-order valence-corrected chi connectivity index (χ4v) is 5.39. The van der Waals surface area contributed by atoms with Crippen molar-refractivity contribution in [1.29, 1.82) is 0 Å². The molecule has 0 radical (unpaired) electrons. The molecule has 0 bridgehead atoms. The highest BCUT2D eigenvalue weighted by Gasteiger charge is 2.38. The zero-order valence-electron chi connectivity index (χ0n) is 17.7. The van der Waals surface area contributed by atoms with Crippen LogP contribution in [0.15, 0.2) is 0 Å². The van der Waals surface area contributed by atoms with Gasteiger partial charge in [-0.3, -0.25) is 9.59 Å². The van der Waals surface area contributed by atoms with Crippen molar-refractivity contribution in [1.82, 2.24) is 10.2 Å². The molecule has 3 aliphatic rings. The molecule has 6 nitrogen and oxygen atoms in total. The summed E-state index contributed by atoms with van der Waals surface area (Å²) in [6.07, 6.45) is 14.9. The molecule has 0 aromatic heterocycles. The Hall–Kier alpha value is -1.59. The Labute approximate surface area is 174 Å². The largest absolute Gasteiger partial charge is 0.480 e. The van der Waals surface area contributed by atoms with Gasteiger partial charge in [-0.05, 0) is 57.8 Å². The van der Waals surface area contributed by atoms with Crippen molar-refractivity contribution < 1.29 is 19.5 Å². The van der Waals surface area contributed by atoms with E-state index in [4.69, 9.17) is 0 Å². The molecular formula is C23H38N2O4. The normalized spacial score (nSPS) is 29.9. The molecule has 2 amide bonds. The number of piperidine rings is 1. The fraction of sp³-hybridized carbons (Fsp3) is 0.870. The highest BCUT2D eigenvalue weighted by molar-refractivity contribution is 5.86. The zero-order valence-corrected chi connectivity index (χ0v) is 17.7. The smallest absolute Gasteiger partial charge is 0.326 e. The van der Waals surface area contributed by atoms with Crippen LogP contribution in [0.3, 0.4) is 0 Å². The summed E-state index contributed by atoms with van der Waals surface area (Å²) in [6.45, 7) is 0.553. The van der Waals surface area contributed by atoms with E-state index in [1.54, 1.807) is 4.90 Å². The van der Waals surface area contributed by atoms with Crippen molar-refractivity contribution in [2.75, 3.05) is 6.54 Å². The summed E-state index contributed by atoms with van der Waals surface area (Å²) < 4.78 is 0. The van der Waals surface area contributed by atoms with Crippen LogP contribution in [-0.2, 0) is 14.4 Å². The van der Waals surface area contributed by atoms with Gasteiger partial charge in [-0.15, -0.1) is 0 Å². The number of hydrogen-bond acceptors (Lipinski definition) is 3. The lowest BCUT2D eigenvalue weighted by Crippen LogP contribution is -2.50. The van der Waals surface area contributed by atoms with Gasteiger partial charge in [-0.1, -0.05) is 38.5 Å². The maximum atomic E-state index is 12.9. The number of hydrogen-bond donors (Lipinski definition) is 2. The Balaban J connectivity index is 1.47. The molecule has 1 atom stereocenters. The van der Waals surface area contributed by atoms with Crippen molar-refractivity contribution in [2.24, 2.45) is 11.8 Å². The highest BCUT2D eigenvalue weighted by Crippen LogP contribution is 2.32.